The average molecular weight is 340 g/mol. The summed E-state index contributed by atoms with van der Waals surface area (Å²) in [5, 5.41) is 0. The third kappa shape index (κ3) is 2.45. The second kappa shape index (κ2) is 6.10. The first-order chi connectivity index (χ1) is 12.3. The number of nitrogens with zero attached hydrogens (tertiary/aromatic N) is 2. The number of carbonyl (C=O) groups is 1. The minimum Gasteiger partial charge on any atom is -0.465 e. The van der Waals surface area contributed by atoms with Gasteiger partial charge in [0.1, 0.15) is 0 Å². The van der Waals surface area contributed by atoms with E-state index in [1.54, 1.807) is 0 Å². The van der Waals surface area contributed by atoms with Gasteiger partial charge in [0.05, 0.1) is 12.5 Å². The number of rotatable bonds is 2. The van der Waals surface area contributed by atoms with Crippen molar-refractivity contribution in [3.05, 3.63) is 35.9 Å². The second-order valence-corrected chi connectivity index (χ2v) is 8.36. The smallest absolute Gasteiger partial charge is 0.310 e. The van der Waals surface area contributed by atoms with E-state index in [-0.39, 0.29) is 17.4 Å². The van der Waals surface area contributed by atoms with Gasteiger partial charge in [-0.1, -0.05) is 30.3 Å². The number of benzene rings is 1. The molecule has 25 heavy (non-hydrogen) atoms. The van der Waals surface area contributed by atoms with Gasteiger partial charge in [-0.3, -0.25) is 14.6 Å². The first-order valence-corrected chi connectivity index (χ1v) is 9.98. The fourth-order valence-corrected chi connectivity index (χ4v) is 6.28. The number of likely N-dealkylation sites (tertiary alicyclic amines) is 1. The van der Waals surface area contributed by atoms with Crippen LogP contribution in [0.3, 0.4) is 0 Å². The van der Waals surface area contributed by atoms with Crippen molar-refractivity contribution in [2.75, 3.05) is 26.2 Å². The molecule has 0 amide bonds. The minimum atomic E-state index is 0.0942. The Labute approximate surface area is 150 Å². The molecule has 0 N–H and O–H groups in total. The maximum Gasteiger partial charge on any atom is 0.310 e. The molecule has 0 aromatic heterocycles. The summed E-state index contributed by atoms with van der Waals surface area (Å²) in [6, 6.07) is 11.3. The van der Waals surface area contributed by atoms with Gasteiger partial charge in [-0.25, -0.2) is 0 Å². The molecule has 4 nitrogen and oxygen atoms in total. The van der Waals surface area contributed by atoms with Gasteiger partial charge in [-0.15, -0.1) is 0 Å². The van der Waals surface area contributed by atoms with Gasteiger partial charge >= 0.3 is 5.97 Å². The lowest BCUT2D eigenvalue weighted by atomic mass is 9.70. The van der Waals surface area contributed by atoms with Crippen molar-refractivity contribution in [3.63, 3.8) is 0 Å². The summed E-state index contributed by atoms with van der Waals surface area (Å²) >= 11 is 0. The maximum absolute atomic E-state index is 12.5. The highest BCUT2D eigenvalue weighted by atomic mass is 16.5. The highest BCUT2D eigenvalue weighted by Gasteiger charge is 2.63. The zero-order chi connectivity index (χ0) is 16.9. The van der Waals surface area contributed by atoms with E-state index in [2.05, 4.69) is 40.1 Å². The van der Waals surface area contributed by atoms with Crippen LogP contribution in [0.15, 0.2) is 30.3 Å². The van der Waals surface area contributed by atoms with Crippen LogP contribution >= 0.6 is 0 Å². The van der Waals surface area contributed by atoms with E-state index < -0.39 is 0 Å². The van der Waals surface area contributed by atoms with Crippen LogP contribution in [0.5, 0.6) is 0 Å². The summed E-state index contributed by atoms with van der Waals surface area (Å²) in [5.41, 5.74) is 1.67. The molecule has 4 aliphatic rings. The molecule has 3 atom stereocenters. The molecule has 4 heteroatoms. The number of hydrogen-bond acceptors (Lipinski definition) is 4. The molecule has 4 fully saturated rings. The zero-order valence-electron chi connectivity index (χ0n) is 14.9. The first-order valence-electron chi connectivity index (χ1n) is 9.98. The summed E-state index contributed by atoms with van der Waals surface area (Å²) in [6.45, 7) is 5.17. The molecule has 1 aromatic rings. The van der Waals surface area contributed by atoms with Crippen molar-refractivity contribution >= 4 is 5.97 Å². The molecule has 4 heterocycles. The molecule has 1 spiro atoms. The van der Waals surface area contributed by atoms with E-state index in [0.717, 1.165) is 26.1 Å². The number of esters is 1. The molecule has 0 unspecified atom stereocenters. The lowest BCUT2D eigenvalue weighted by molar-refractivity contribution is -0.157. The van der Waals surface area contributed by atoms with E-state index in [9.17, 15) is 4.79 Å². The lowest BCUT2D eigenvalue weighted by Crippen LogP contribution is -2.56. The number of cyclic esters (lactones) is 1. The van der Waals surface area contributed by atoms with Crippen LogP contribution in [0.2, 0.25) is 0 Å². The van der Waals surface area contributed by atoms with Crippen LogP contribution in [0.4, 0.5) is 0 Å². The van der Waals surface area contributed by atoms with Gasteiger partial charge in [0.25, 0.3) is 0 Å². The quantitative estimate of drug-likeness (QED) is 0.775. The molecule has 4 saturated heterocycles. The van der Waals surface area contributed by atoms with Gasteiger partial charge < -0.3 is 4.74 Å². The molecule has 0 saturated carbocycles. The third-order valence-electron chi connectivity index (χ3n) is 7.33. The fraction of sp³-hybridized carbons (Fsp3) is 0.667. The fourth-order valence-electron chi connectivity index (χ4n) is 6.28. The van der Waals surface area contributed by atoms with Crippen LogP contribution in [-0.2, 0) is 16.1 Å². The average Bonchev–Trinajstić information content (AvgIpc) is 3.21. The summed E-state index contributed by atoms with van der Waals surface area (Å²) < 4.78 is 5.46. The van der Waals surface area contributed by atoms with Gasteiger partial charge in [0, 0.05) is 31.2 Å². The third-order valence-corrected chi connectivity index (χ3v) is 7.33. The number of fused-ring (bicyclic) bond motifs is 5. The van der Waals surface area contributed by atoms with Crippen LogP contribution < -0.4 is 0 Å². The largest absolute Gasteiger partial charge is 0.465 e. The normalized spacial score (nSPS) is 34.7. The molecule has 0 aliphatic carbocycles. The molecule has 4 aliphatic heterocycles. The van der Waals surface area contributed by atoms with Gasteiger partial charge in [0.2, 0.25) is 0 Å². The predicted molar refractivity (Wildman–Crippen MR) is 96.0 cm³/mol. The Kier molecular flexibility index (Phi) is 3.86. The van der Waals surface area contributed by atoms with Crippen LogP contribution in [0.1, 0.15) is 37.7 Å². The lowest BCUT2D eigenvalue weighted by Gasteiger charge is -2.48. The van der Waals surface area contributed by atoms with E-state index in [0.29, 0.717) is 18.6 Å². The standard InChI is InChI=1S/C21H28N2O2/c24-20-19-17(8-14-25-20)21(23-11-4-7-18(19)23)9-12-22(13-10-21)15-16-5-2-1-3-6-16/h1-3,5-6,17-19H,4,7-15H2/t17-,18+,19+/m1/s1. The summed E-state index contributed by atoms with van der Waals surface area (Å²) in [7, 11) is 0. The Morgan fingerprint density at radius 1 is 1.08 bits per heavy atom. The number of carbonyl (C=O) groups excluding carboxylic acids is 1. The summed E-state index contributed by atoms with van der Waals surface area (Å²) in [5.74, 6) is 0.770. The topological polar surface area (TPSA) is 32.8 Å². The molecule has 134 valence electrons. The van der Waals surface area contributed by atoms with E-state index in [1.165, 1.54) is 37.8 Å². The Balaban J connectivity index is 1.34. The molecular formula is C21H28N2O2. The molecule has 5 rings (SSSR count). The highest BCUT2D eigenvalue weighted by Crippen LogP contribution is 2.55. The Bertz CT molecular complexity index is 639. The molecule has 1 aromatic carbocycles. The van der Waals surface area contributed by atoms with Crippen molar-refractivity contribution < 1.29 is 9.53 Å². The number of piperidine rings is 1. The summed E-state index contributed by atoms with van der Waals surface area (Å²) in [6.07, 6.45) is 5.93. The Morgan fingerprint density at radius 3 is 2.68 bits per heavy atom. The van der Waals surface area contributed by atoms with E-state index >= 15 is 0 Å². The highest BCUT2D eigenvalue weighted by molar-refractivity contribution is 5.75. The molecular weight excluding hydrogens is 312 g/mol. The SMILES string of the molecule is O=C1OCC[C@@H]2[C@H]1[C@@H]1CCCN1C21CCN(Cc2ccccc2)CC1. The van der Waals surface area contributed by atoms with Gasteiger partial charge in [-0.2, -0.15) is 0 Å². The first kappa shape index (κ1) is 15.8. The van der Waals surface area contributed by atoms with Crippen molar-refractivity contribution in [1.82, 2.24) is 9.80 Å². The van der Waals surface area contributed by atoms with Crippen molar-refractivity contribution in [1.29, 1.82) is 0 Å². The Morgan fingerprint density at radius 2 is 1.88 bits per heavy atom. The van der Waals surface area contributed by atoms with Crippen molar-refractivity contribution in [2.45, 2.75) is 50.2 Å². The second-order valence-electron chi connectivity index (χ2n) is 8.36. The van der Waals surface area contributed by atoms with Gasteiger partial charge in [0.15, 0.2) is 0 Å². The van der Waals surface area contributed by atoms with E-state index in [4.69, 9.17) is 4.74 Å². The zero-order valence-corrected chi connectivity index (χ0v) is 14.9. The molecule has 0 radical (unpaired) electrons. The number of ether oxygens (including phenoxy) is 1. The van der Waals surface area contributed by atoms with Crippen LogP contribution in [0.25, 0.3) is 0 Å². The summed E-state index contributed by atoms with van der Waals surface area (Å²) in [4.78, 5) is 17.8. The molecule has 0 bridgehead atoms. The maximum atomic E-state index is 12.5. The Hall–Kier alpha value is -1.39. The van der Waals surface area contributed by atoms with Gasteiger partial charge in [-0.05, 0) is 50.1 Å². The predicted octanol–water partition coefficient (Wildman–Crippen LogP) is 2.68. The number of hydrogen-bond donors (Lipinski definition) is 0. The van der Waals surface area contributed by atoms with Crippen LogP contribution in [-0.4, -0.2) is 53.6 Å². The van der Waals surface area contributed by atoms with Crippen LogP contribution in [0, 0.1) is 11.8 Å². The van der Waals surface area contributed by atoms with Crippen molar-refractivity contribution in [2.24, 2.45) is 11.8 Å². The minimum absolute atomic E-state index is 0.0942. The van der Waals surface area contributed by atoms with Crippen molar-refractivity contribution in [3.8, 4) is 0 Å². The van der Waals surface area contributed by atoms with E-state index in [1.807, 2.05) is 0 Å². The monoisotopic (exact) mass is 340 g/mol.